The van der Waals surface area contributed by atoms with Gasteiger partial charge in [0.15, 0.2) is 5.65 Å². The van der Waals surface area contributed by atoms with Gasteiger partial charge in [0, 0.05) is 29.4 Å². The molecule has 0 unspecified atom stereocenters. The maximum atomic E-state index is 13.6. The lowest BCUT2D eigenvalue weighted by atomic mass is 9.92. The topological polar surface area (TPSA) is 80.3 Å². The van der Waals surface area contributed by atoms with Crippen molar-refractivity contribution < 1.29 is 4.39 Å². The van der Waals surface area contributed by atoms with E-state index in [4.69, 9.17) is 10.7 Å². The summed E-state index contributed by atoms with van der Waals surface area (Å²) in [4.78, 5) is 4.87. The fourth-order valence-corrected chi connectivity index (χ4v) is 4.01. The fraction of sp³-hybridized carbons (Fsp3) is 0.429. The van der Waals surface area contributed by atoms with Crippen molar-refractivity contribution in [3.8, 4) is 0 Å². The van der Waals surface area contributed by atoms with Crippen LogP contribution in [0, 0.1) is 5.82 Å². The maximum absolute atomic E-state index is 13.6. The van der Waals surface area contributed by atoms with Crippen LogP contribution in [0.3, 0.4) is 0 Å². The first-order valence-electron chi connectivity index (χ1n) is 10.1. The molecule has 7 heteroatoms. The number of nitrogens with two attached hydrogens (primary N) is 1. The summed E-state index contributed by atoms with van der Waals surface area (Å²) >= 11 is 0. The van der Waals surface area contributed by atoms with E-state index in [1.807, 2.05) is 22.8 Å². The van der Waals surface area contributed by atoms with Gasteiger partial charge in [-0.05, 0) is 62.6 Å². The summed E-state index contributed by atoms with van der Waals surface area (Å²) in [5.74, 6) is 1.88. The highest BCUT2D eigenvalue weighted by molar-refractivity contribution is 5.66. The summed E-state index contributed by atoms with van der Waals surface area (Å²) in [6, 6.07) is 9.10. The second kappa shape index (κ2) is 7.05. The lowest BCUT2D eigenvalue weighted by Crippen LogP contribution is -2.33. The van der Waals surface area contributed by atoms with Crippen LogP contribution in [-0.2, 0) is 0 Å². The number of halogens is 1. The number of hydrogen-bond acceptors (Lipinski definition) is 5. The number of aromatic nitrogens is 3. The average molecular weight is 380 g/mol. The zero-order valence-electron chi connectivity index (χ0n) is 15.7. The van der Waals surface area contributed by atoms with E-state index >= 15 is 0 Å². The van der Waals surface area contributed by atoms with Crippen molar-refractivity contribution in [3.63, 3.8) is 0 Å². The van der Waals surface area contributed by atoms with Gasteiger partial charge in [-0.25, -0.2) is 9.37 Å². The quantitative estimate of drug-likeness (QED) is 0.619. The normalized spacial score (nSPS) is 22.4. The summed E-state index contributed by atoms with van der Waals surface area (Å²) in [6.45, 7) is 0. The molecule has 2 aromatic heterocycles. The van der Waals surface area contributed by atoms with Crippen molar-refractivity contribution >= 4 is 23.0 Å². The molecule has 0 amide bonds. The first-order valence-corrected chi connectivity index (χ1v) is 10.1. The molecule has 146 valence electrons. The Morgan fingerprint density at radius 3 is 2.64 bits per heavy atom. The summed E-state index contributed by atoms with van der Waals surface area (Å²) in [5, 5.41) is 11.4. The molecule has 0 saturated heterocycles. The third-order valence-electron chi connectivity index (χ3n) is 5.74. The molecular formula is C21H25FN6. The number of anilines is 3. The number of nitrogens with one attached hydrogen (secondary N) is 2. The second-order valence-corrected chi connectivity index (χ2v) is 8.03. The molecule has 4 N–H and O–H groups in total. The van der Waals surface area contributed by atoms with Gasteiger partial charge in [0.05, 0.1) is 6.20 Å². The van der Waals surface area contributed by atoms with Gasteiger partial charge in [-0.1, -0.05) is 6.07 Å². The Balaban J connectivity index is 1.50. The molecule has 2 saturated carbocycles. The SMILES string of the molecule is NC1CCC(Nc2cc(Nc3cccc(F)c3)n3ncc(C4CC4)c3n2)CC1. The molecule has 5 rings (SSSR count). The molecule has 0 atom stereocenters. The second-order valence-electron chi connectivity index (χ2n) is 8.03. The molecule has 3 aromatic rings. The van der Waals surface area contributed by atoms with Crippen molar-refractivity contribution in [1.29, 1.82) is 0 Å². The molecule has 2 fully saturated rings. The monoisotopic (exact) mass is 380 g/mol. The van der Waals surface area contributed by atoms with Crippen molar-refractivity contribution in [3.05, 3.63) is 47.9 Å². The number of fused-ring (bicyclic) bond motifs is 1. The minimum Gasteiger partial charge on any atom is -0.367 e. The van der Waals surface area contributed by atoms with Crippen LogP contribution < -0.4 is 16.4 Å². The number of hydrogen-bond donors (Lipinski definition) is 3. The van der Waals surface area contributed by atoms with E-state index in [9.17, 15) is 4.39 Å². The van der Waals surface area contributed by atoms with E-state index in [1.54, 1.807) is 6.07 Å². The van der Waals surface area contributed by atoms with Gasteiger partial charge in [0.1, 0.15) is 17.5 Å². The predicted octanol–water partition coefficient (Wildman–Crippen LogP) is 4.17. The van der Waals surface area contributed by atoms with Crippen LogP contribution in [0.15, 0.2) is 36.5 Å². The Labute approximate surface area is 163 Å². The molecule has 2 heterocycles. The first-order chi connectivity index (χ1) is 13.7. The highest BCUT2D eigenvalue weighted by Gasteiger charge is 2.28. The lowest BCUT2D eigenvalue weighted by molar-refractivity contribution is 0.410. The van der Waals surface area contributed by atoms with Crippen LogP contribution in [0.25, 0.3) is 5.65 Å². The molecular weight excluding hydrogens is 355 g/mol. The van der Waals surface area contributed by atoms with Crippen LogP contribution in [0.4, 0.5) is 21.7 Å². The molecule has 0 radical (unpaired) electrons. The van der Waals surface area contributed by atoms with E-state index in [2.05, 4.69) is 15.7 Å². The molecule has 0 aliphatic heterocycles. The van der Waals surface area contributed by atoms with Gasteiger partial charge in [0.25, 0.3) is 0 Å². The van der Waals surface area contributed by atoms with Crippen molar-refractivity contribution in [2.75, 3.05) is 10.6 Å². The Kier molecular flexibility index (Phi) is 4.39. The van der Waals surface area contributed by atoms with Crippen LogP contribution in [-0.4, -0.2) is 26.7 Å². The number of rotatable bonds is 5. The summed E-state index contributed by atoms with van der Waals surface area (Å²) < 4.78 is 15.4. The van der Waals surface area contributed by atoms with Crippen molar-refractivity contribution in [2.45, 2.75) is 56.5 Å². The zero-order chi connectivity index (χ0) is 19.1. The third kappa shape index (κ3) is 3.54. The summed E-state index contributed by atoms with van der Waals surface area (Å²) in [7, 11) is 0. The van der Waals surface area contributed by atoms with Gasteiger partial charge in [0.2, 0.25) is 0 Å². The van der Waals surface area contributed by atoms with Crippen LogP contribution in [0.5, 0.6) is 0 Å². The van der Waals surface area contributed by atoms with Crippen molar-refractivity contribution in [2.24, 2.45) is 5.73 Å². The molecule has 2 aliphatic rings. The Morgan fingerprint density at radius 1 is 1.07 bits per heavy atom. The number of benzene rings is 1. The molecule has 0 spiro atoms. The van der Waals surface area contributed by atoms with Gasteiger partial charge >= 0.3 is 0 Å². The molecule has 6 nitrogen and oxygen atoms in total. The average Bonchev–Trinajstić information content (AvgIpc) is 3.43. The Bertz CT molecular complexity index is 988. The predicted molar refractivity (Wildman–Crippen MR) is 108 cm³/mol. The minimum absolute atomic E-state index is 0.272. The molecule has 0 bridgehead atoms. The van der Waals surface area contributed by atoms with Crippen LogP contribution in [0.2, 0.25) is 0 Å². The van der Waals surface area contributed by atoms with Gasteiger partial charge in [-0.15, -0.1) is 0 Å². The fourth-order valence-electron chi connectivity index (χ4n) is 4.01. The van der Waals surface area contributed by atoms with E-state index in [1.165, 1.54) is 30.5 Å². The van der Waals surface area contributed by atoms with E-state index in [0.717, 1.165) is 43.0 Å². The smallest absolute Gasteiger partial charge is 0.163 e. The molecule has 2 aliphatic carbocycles. The third-order valence-corrected chi connectivity index (χ3v) is 5.74. The zero-order valence-corrected chi connectivity index (χ0v) is 15.7. The minimum atomic E-state index is -0.272. The highest BCUT2D eigenvalue weighted by atomic mass is 19.1. The molecule has 28 heavy (non-hydrogen) atoms. The van der Waals surface area contributed by atoms with E-state index in [-0.39, 0.29) is 5.82 Å². The van der Waals surface area contributed by atoms with E-state index < -0.39 is 0 Å². The number of nitrogens with zero attached hydrogens (tertiary/aromatic N) is 3. The lowest BCUT2D eigenvalue weighted by Gasteiger charge is -2.27. The van der Waals surface area contributed by atoms with Gasteiger partial charge in [-0.2, -0.15) is 9.61 Å². The molecule has 1 aromatic carbocycles. The Hall–Kier alpha value is -2.67. The Morgan fingerprint density at radius 2 is 1.89 bits per heavy atom. The maximum Gasteiger partial charge on any atom is 0.163 e. The van der Waals surface area contributed by atoms with Crippen molar-refractivity contribution in [1.82, 2.24) is 14.6 Å². The highest BCUT2D eigenvalue weighted by Crippen LogP contribution is 2.42. The summed E-state index contributed by atoms with van der Waals surface area (Å²) in [6.07, 6.45) is 8.47. The van der Waals surface area contributed by atoms with Crippen LogP contribution >= 0.6 is 0 Å². The van der Waals surface area contributed by atoms with Crippen LogP contribution in [0.1, 0.15) is 50.0 Å². The summed E-state index contributed by atoms with van der Waals surface area (Å²) in [5.41, 5.74) is 8.79. The first kappa shape index (κ1) is 17.4. The largest absolute Gasteiger partial charge is 0.367 e. The standard InChI is InChI=1S/C21H25FN6/c22-14-2-1-3-17(10-14)26-20-11-19(25-16-8-6-15(23)7-9-16)27-21-18(13-4-5-13)12-24-28(20)21/h1-3,10-13,15-16,26H,4-9,23H2,(H,25,27). The van der Waals surface area contributed by atoms with Gasteiger partial charge in [-0.3, -0.25) is 0 Å². The van der Waals surface area contributed by atoms with Gasteiger partial charge < -0.3 is 16.4 Å². The van der Waals surface area contributed by atoms with E-state index in [0.29, 0.717) is 23.7 Å².